The number of hydrogen-bond donors (Lipinski definition) is 1. The molecule has 0 bridgehead atoms. The summed E-state index contributed by atoms with van der Waals surface area (Å²) < 4.78 is 30.7. The van der Waals surface area contributed by atoms with Gasteiger partial charge in [0.15, 0.2) is 6.29 Å². The van der Waals surface area contributed by atoms with E-state index < -0.39 is 12.4 Å². The van der Waals surface area contributed by atoms with Gasteiger partial charge in [-0.05, 0) is 25.7 Å². The highest BCUT2D eigenvalue weighted by Gasteiger charge is 2.48. The molecule has 1 heterocycles. The second-order valence-electron chi connectivity index (χ2n) is 7.52. The molecule has 1 aliphatic rings. The number of unbranched alkanes of at least 4 members (excludes halogenated alkanes) is 4. The summed E-state index contributed by atoms with van der Waals surface area (Å²) in [6.07, 6.45) is 6.08. The van der Waals surface area contributed by atoms with Crippen molar-refractivity contribution in [3.8, 4) is 0 Å². The summed E-state index contributed by atoms with van der Waals surface area (Å²) in [4.78, 5) is 0. The first-order valence-corrected chi connectivity index (χ1v) is 11.5. The molecule has 3 unspecified atom stereocenters. The van der Waals surface area contributed by atoms with Crippen LogP contribution in [0.2, 0.25) is 0 Å². The number of rotatable bonds is 17. The molecule has 0 spiro atoms. The summed E-state index contributed by atoms with van der Waals surface area (Å²) in [5.41, 5.74) is 0. The van der Waals surface area contributed by atoms with Crippen LogP contribution in [0.4, 0.5) is 0 Å². The highest BCUT2D eigenvalue weighted by Crippen LogP contribution is 2.29. The average Bonchev–Trinajstić information content (AvgIpc) is 2.70. The Morgan fingerprint density at radius 2 is 1.04 bits per heavy atom. The van der Waals surface area contributed by atoms with Gasteiger partial charge in [-0.15, -0.1) is 0 Å². The third kappa shape index (κ3) is 9.06. The second kappa shape index (κ2) is 16.5. The fraction of sp³-hybridized carbons (Fsp3) is 1.00. The Kier molecular flexibility index (Phi) is 15.2. The van der Waals surface area contributed by atoms with Gasteiger partial charge in [-0.3, -0.25) is 0 Å². The lowest BCUT2D eigenvalue weighted by Gasteiger charge is -2.45. The lowest BCUT2D eigenvalue weighted by atomic mass is 9.98. The van der Waals surface area contributed by atoms with Crippen molar-refractivity contribution in [2.45, 2.75) is 110 Å². The highest BCUT2D eigenvalue weighted by atomic mass is 16.7. The minimum atomic E-state index is -0.543. The van der Waals surface area contributed by atoms with E-state index in [0.717, 1.165) is 51.4 Å². The molecule has 0 aliphatic carbocycles. The van der Waals surface area contributed by atoms with E-state index in [-0.39, 0.29) is 24.9 Å². The summed E-state index contributed by atoms with van der Waals surface area (Å²) >= 11 is 0. The number of aliphatic hydroxyl groups excluding tert-OH is 1. The molecule has 0 amide bonds. The van der Waals surface area contributed by atoms with E-state index in [4.69, 9.17) is 23.7 Å². The van der Waals surface area contributed by atoms with Gasteiger partial charge in [0, 0.05) is 26.4 Å². The van der Waals surface area contributed by atoms with Gasteiger partial charge in [0.25, 0.3) is 0 Å². The van der Waals surface area contributed by atoms with Crippen LogP contribution in [-0.2, 0) is 23.7 Å². The molecule has 1 N–H and O–H groups in total. The summed E-state index contributed by atoms with van der Waals surface area (Å²) in [5.74, 6) is 0. The monoisotopic (exact) mass is 404 g/mol. The quantitative estimate of drug-likeness (QED) is 0.369. The first kappa shape index (κ1) is 25.8. The largest absolute Gasteiger partial charge is 0.394 e. The van der Waals surface area contributed by atoms with Crippen molar-refractivity contribution in [1.29, 1.82) is 0 Å². The molecular formula is C22H44O6. The molecule has 5 atom stereocenters. The Hall–Kier alpha value is -0.240. The van der Waals surface area contributed by atoms with Crippen LogP contribution >= 0.6 is 0 Å². The van der Waals surface area contributed by atoms with Crippen molar-refractivity contribution in [1.82, 2.24) is 0 Å². The molecule has 0 aromatic rings. The Balaban J connectivity index is 2.94. The average molecular weight is 405 g/mol. The summed E-state index contributed by atoms with van der Waals surface area (Å²) in [6, 6.07) is 0. The van der Waals surface area contributed by atoms with E-state index in [1.807, 2.05) is 0 Å². The summed E-state index contributed by atoms with van der Waals surface area (Å²) in [7, 11) is 0. The fourth-order valence-corrected chi connectivity index (χ4v) is 3.16. The molecule has 1 rings (SSSR count). The molecule has 1 saturated heterocycles. The van der Waals surface area contributed by atoms with Crippen LogP contribution in [0.15, 0.2) is 0 Å². The van der Waals surface area contributed by atoms with Gasteiger partial charge in [-0.2, -0.15) is 0 Å². The van der Waals surface area contributed by atoms with Crippen LogP contribution in [-0.4, -0.2) is 68.8 Å². The molecule has 6 heteroatoms. The van der Waals surface area contributed by atoms with Crippen molar-refractivity contribution in [2.24, 2.45) is 0 Å². The molecule has 0 saturated carbocycles. The molecule has 0 aromatic carbocycles. The fourth-order valence-electron chi connectivity index (χ4n) is 3.16. The van der Waals surface area contributed by atoms with Gasteiger partial charge < -0.3 is 28.8 Å². The van der Waals surface area contributed by atoms with Gasteiger partial charge in [0.1, 0.15) is 24.4 Å². The number of aliphatic hydroxyl groups is 1. The Labute approximate surface area is 172 Å². The van der Waals surface area contributed by atoms with E-state index in [1.165, 1.54) is 0 Å². The third-order valence-corrected chi connectivity index (χ3v) is 4.98. The first-order chi connectivity index (χ1) is 13.7. The highest BCUT2D eigenvalue weighted by molar-refractivity contribution is 4.93. The minimum absolute atomic E-state index is 0.125. The molecule has 0 radical (unpaired) electrons. The van der Waals surface area contributed by atoms with Crippen LogP contribution in [0.25, 0.3) is 0 Å². The van der Waals surface area contributed by atoms with Crippen molar-refractivity contribution >= 4 is 0 Å². The first-order valence-electron chi connectivity index (χ1n) is 11.5. The molecular weight excluding hydrogens is 360 g/mol. The standard InChI is InChI=1S/C22H44O6/c1-5-9-13-24-19-18(17-23)28-22(27-16-12-8-4)21(26-15-11-7-3)20(19)25-14-10-6-2/h18-23H,5-17H2,1-4H3/t18?,19-,20?,21?,22+/m1/s1. The van der Waals surface area contributed by atoms with Crippen LogP contribution < -0.4 is 0 Å². The van der Waals surface area contributed by atoms with E-state index in [0.29, 0.717) is 26.4 Å². The van der Waals surface area contributed by atoms with E-state index in [9.17, 15) is 5.11 Å². The predicted molar refractivity (Wildman–Crippen MR) is 111 cm³/mol. The van der Waals surface area contributed by atoms with Gasteiger partial charge in [-0.1, -0.05) is 53.4 Å². The zero-order valence-electron chi connectivity index (χ0n) is 18.6. The second-order valence-corrected chi connectivity index (χ2v) is 7.52. The van der Waals surface area contributed by atoms with E-state index in [1.54, 1.807) is 0 Å². The van der Waals surface area contributed by atoms with Gasteiger partial charge in [0.2, 0.25) is 0 Å². The Morgan fingerprint density at radius 3 is 1.50 bits per heavy atom. The lowest BCUT2D eigenvalue weighted by molar-refractivity contribution is -0.322. The summed E-state index contributed by atoms with van der Waals surface area (Å²) in [5, 5.41) is 9.94. The minimum Gasteiger partial charge on any atom is -0.394 e. The van der Waals surface area contributed by atoms with Gasteiger partial charge in [0.05, 0.1) is 6.61 Å². The maximum absolute atomic E-state index is 9.94. The van der Waals surface area contributed by atoms with Crippen LogP contribution in [0.5, 0.6) is 0 Å². The van der Waals surface area contributed by atoms with Crippen molar-refractivity contribution in [3.63, 3.8) is 0 Å². The van der Waals surface area contributed by atoms with Crippen LogP contribution in [0.1, 0.15) is 79.1 Å². The maximum atomic E-state index is 9.94. The molecule has 0 aromatic heterocycles. The lowest BCUT2D eigenvalue weighted by Crippen LogP contribution is -2.62. The number of hydrogen-bond acceptors (Lipinski definition) is 6. The van der Waals surface area contributed by atoms with Gasteiger partial charge >= 0.3 is 0 Å². The molecule has 1 fully saturated rings. The Morgan fingerprint density at radius 1 is 0.607 bits per heavy atom. The number of ether oxygens (including phenoxy) is 5. The SMILES string of the molecule is CCCCOC1C(OCCCC)[C@H](OCCCC)C(CO)O[C@@H]1OCCCC. The molecule has 168 valence electrons. The van der Waals surface area contributed by atoms with Gasteiger partial charge in [-0.25, -0.2) is 0 Å². The van der Waals surface area contributed by atoms with Crippen molar-refractivity contribution in [2.75, 3.05) is 33.0 Å². The summed E-state index contributed by atoms with van der Waals surface area (Å²) in [6.45, 7) is 10.9. The normalized spacial score (nSPS) is 28.0. The van der Waals surface area contributed by atoms with Crippen LogP contribution in [0.3, 0.4) is 0 Å². The third-order valence-electron chi connectivity index (χ3n) is 4.98. The molecule has 6 nitrogen and oxygen atoms in total. The maximum Gasteiger partial charge on any atom is 0.186 e. The van der Waals surface area contributed by atoms with E-state index in [2.05, 4.69) is 27.7 Å². The van der Waals surface area contributed by atoms with E-state index >= 15 is 0 Å². The zero-order chi connectivity index (χ0) is 20.6. The topological polar surface area (TPSA) is 66.4 Å². The predicted octanol–water partition coefficient (Wildman–Crippen LogP) is 4.08. The Bertz CT molecular complexity index is 354. The molecule has 28 heavy (non-hydrogen) atoms. The zero-order valence-corrected chi connectivity index (χ0v) is 18.6. The smallest absolute Gasteiger partial charge is 0.186 e. The van der Waals surface area contributed by atoms with Crippen molar-refractivity contribution < 1.29 is 28.8 Å². The van der Waals surface area contributed by atoms with Crippen LogP contribution in [0, 0.1) is 0 Å². The molecule has 1 aliphatic heterocycles. The van der Waals surface area contributed by atoms with Crippen molar-refractivity contribution in [3.05, 3.63) is 0 Å².